The van der Waals surface area contributed by atoms with E-state index in [1.165, 1.54) is 6.42 Å². The molecule has 0 unspecified atom stereocenters. The summed E-state index contributed by atoms with van der Waals surface area (Å²) >= 11 is 0. The Labute approximate surface area is 123 Å². The predicted octanol–water partition coefficient (Wildman–Crippen LogP) is 1.80. The summed E-state index contributed by atoms with van der Waals surface area (Å²) in [5.74, 6) is 0.922. The van der Waals surface area contributed by atoms with Crippen molar-refractivity contribution >= 4 is 0 Å². The van der Waals surface area contributed by atoms with Crippen LogP contribution >= 0.6 is 0 Å². The van der Waals surface area contributed by atoms with Gasteiger partial charge in [0.15, 0.2) is 0 Å². The monoisotopic (exact) mass is 279 g/mol. The first-order valence-electron chi connectivity index (χ1n) is 7.37. The second kappa shape index (κ2) is 9.75. The van der Waals surface area contributed by atoms with Crippen LogP contribution in [0.3, 0.4) is 0 Å². The average molecular weight is 279 g/mol. The van der Waals surface area contributed by atoms with Gasteiger partial charge < -0.3 is 20.3 Å². The van der Waals surface area contributed by atoms with E-state index in [-0.39, 0.29) is 0 Å². The molecule has 2 N–H and O–H groups in total. The zero-order valence-electron chi connectivity index (χ0n) is 13.1. The molecule has 0 bridgehead atoms. The zero-order chi connectivity index (χ0) is 14.8. The molecule has 0 heterocycles. The highest BCUT2D eigenvalue weighted by atomic mass is 16.5. The van der Waals surface area contributed by atoms with E-state index in [4.69, 9.17) is 10.5 Å². The van der Waals surface area contributed by atoms with E-state index in [2.05, 4.69) is 30.9 Å². The van der Waals surface area contributed by atoms with Gasteiger partial charge in [-0.3, -0.25) is 0 Å². The third-order valence-corrected chi connectivity index (χ3v) is 3.28. The largest absolute Gasteiger partial charge is 0.493 e. The molecule has 0 aromatic heterocycles. The van der Waals surface area contributed by atoms with E-state index in [1.54, 1.807) is 0 Å². The Morgan fingerprint density at radius 2 is 1.70 bits per heavy atom. The summed E-state index contributed by atoms with van der Waals surface area (Å²) in [5, 5.41) is 0. The topological polar surface area (TPSA) is 41.7 Å². The number of nitrogens with two attached hydrogens (primary N) is 1. The van der Waals surface area contributed by atoms with E-state index in [0.29, 0.717) is 6.54 Å². The lowest BCUT2D eigenvalue weighted by Gasteiger charge is -2.18. The summed E-state index contributed by atoms with van der Waals surface area (Å²) in [4.78, 5) is 4.59. The molecule has 1 aromatic rings. The lowest BCUT2D eigenvalue weighted by atomic mass is 10.2. The van der Waals surface area contributed by atoms with Crippen LogP contribution < -0.4 is 10.5 Å². The molecule has 0 saturated heterocycles. The molecule has 0 fully saturated rings. The van der Waals surface area contributed by atoms with Gasteiger partial charge in [-0.15, -0.1) is 0 Å². The minimum absolute atomic E-state index is 0.528. The number of para-hydroxylation sites is 1. The smallest absolute Gasteiger partial charge is 0.123 e. The maximum Gasteiger partial charge on any atom is 0.123 e. The van der Waals surface area contributed by atoms with Gasteiger partial charge in [0.25, 0.3) is 0 Å². The Kier molecular flexibility index (Phi) is 8.26. The summed E-state index contributed by atoms with van der Waals surface area (Å²) < 4.78 is 5.81. The standard InChI is InChI=1S/C16H29N3O/c1-18(2)10-6-11-19(3)12-7-13-20-16-9-5-4-8-15(16)14-17/h4-5,8-9H,6-7,10-14,17H2,1-3H3. The summed E-state index contributed by atoms with van der Waals surface area (Å²) in [5.41, 5.74) is 6.77. The maximum atomic E-state index is 5.81. The summed E-state index contributed by atoms with van der Waals surface area (Å²) in [6.45, 7) is 4.62. The fraction of sp³-hybridized carbons (Fsp3) is 0.625. The Bertz CT molecular complexity index is 368. The van der Waals surface area contributed by atoms with Crippen LogP contribution in [-0.2, 0) is 6.54 Å². The van der Waals surface area contributed by atoms with Gasteiger partial charge >= 0.3 is 0 Å². The van der Waals surface area contributed by atoms with Gasteiger partial charge in [0.2, 0.25) is 0 Å². The number of rotatable bonds is 10. The number of nitrogens with zero attached hydrogens (tertiary/aromatic N) is 2. The van der Waals surface area contributed by atoms with Crippen molar-refractivity contribution in [1.82, 2.24) is 9.80 Å². The highest BCUT2D eigenvalue weighted by Crippen LogP contribution is 2.17. The highest BCUT2D eigenvalue weighted by molar-refractivity contribution is 5.32. The van der Waals surface area contributed by atoms with Crippen LogP contribution in [0.4, 0.5) is 0 Å². The molecular formula is C16H29N3O. The molecule has 0 radical (unpaired) electrons. The number of hydrogen-bond acceptors (Lipinski definition) is 4. The van der Waals surface area contributed by atoms with Crippen LogP contribution in [0.2, 0.25) is 0 Å². The molecule has 0 saturated carbocycles. The normalized spacial score (nSPS) is 11.3. The third-order valence-electron chi connectivity index (χ3n) is 3.28. The average Bonchev–Trinajstić information content (AvgIpc) is 2.43. The van der Waals surface area contributed by atoms with Crippen molar-refractivity contribution in [2.75, 3.05) is 47.4 Å². The van der Waals surface area contributed by atoms with Gasteiger partial charge in [-0.1, -0.05) is 18.2 Å². The van der Waals surface area contributed by atoms with Crippen LogP contribution in [0.5, 0.6) is 5.75 Å². The van der Waals surface area contributed by atoms with Gasteiger partial charge in [-0.25, -0.2) is 0 Å². The molecule has 1 aromatic carbocycles. The van der Waals surface area contributed by atoms with Crippen molar-refractivity contribution in [2.24, 2.45) is 5.73 Å². The first kappa shape index (κ1) is 17.0. The Balaban J connectivity index is 2.15. The third kappa shape index (κ3) is 6.89. The predicted molar refractivity (Wildman–Crippen MR) is 85.1 cm³/mol. The van der Waals surface area contributed by atoms with Crippen LogP contribution in [0.25, 0.3) is 0 Å². The fourth-order valence-corrected chi connectivity index (χ4v) is 2.10. The molecular weight excluding hydrogens is 250 g/mol. The maximum absolute atomic E-state index is 5.81. The van der Waals surface area contributed by atoms with Crippen molar-refractivity contribution in [2.45, 2.75) is 19.4 Å². The van der Waals surface area contributed by atoms with E-state index in [1.807, 2.05) is 24.3 Å². The second-order valence-corrected chi connectivity index (χ2v) is 5.47. The zero-order valence-corrected chi connectivity index (χ0v) is 13.1. The van der Waals surface area contributed by atoms with E-state index < -0.39 is 0 Å². The quantitative estimate of drug-likeness (QED) is 0.663. The molecule has 0 spiro atoms. The molecule has 0 aliphatic carbocycles. The highest BCUT2D eigenvalue weighted by Gasteiger charge is 2.02. The van der Waals surface area contributed by atoms with Gasteiger partial charge in [0.05, 0.1) is 6.61 Å². The molecule has 0 aliphatic heterocycles. The SMILES string of the molecule is CN(C)CCCN(C)CCCOc1ccccc1CN. The molecule has 1 rings (SSSR count). The molecule has 20 heavy (non-hydrogen) atoms. The lowest BCUT2D eigenvalue weighted by molar-refractivity contribution is 0.252. The van der Waals surface area contributed by atoms with Gasteiger partial charge in [0, 0.05) is 18.7 Å². The molecule has 0 aliphatic rings. The van der Waals surface area contributed by atoms with Crippen molar-refractivity contribution in [3.8, 4) is 5.75 Å². The summed E-state index contributed by atoms with van der Waals surface area (Å²) in [7, 11) is 6.40. The van der Waals surface area contributed by atoms with Crippen LogP contribution in [0.1, 0.15) is 18.4 Å². The van der Waals surface area contributed by atoms with Crippen molar-refractivity contribution in [1.29, 1.82) is 0 Å². The van der Waals surface area contributed by atoms with Crippen LogP contribution in [0.15, 0.2) is 24.3 Å². The number of benzene rings is 1. The van der Waals surface area contributed by atoms with Crippen LogP contribution in [0, 0.1) is 0 Å². The minimum atomic E-state index is 0.528. The number of ether oxygens (including phenoxy) is 1. The Morgan fingerprint density at radius 3 is 2.40 bits per heavy atom. The van der Waals surface area contributed by atoms with E-state index in [0.717, 1.165) is 44.0 Å². The van der Waals surface area contributed by atoms with E-state index >= 15 is 0 Å². The van der Waals surface area contributed by atoms with Gasteiger partial charge in [-0.2, -0.15) is 0 Å². The molecule has 0 atom stereocenters. The molecule has 4 nitrogen and oxygen atoms in total. The Hall–Kier alpha value is -1.10. The molecule has 0 amide bonds. The first-order chi connectivity index (χ1) is 9.63. The van der Waals surface area contributed by atoms with Crippen molar-refractivity contribution in [3.63, 3.8) is 0 Å². The lowest BCUT2D eigenvalue weighted by Crippen LogP contribution is -2.25. The molecule has 114 valence electrons. The van der Waals surface area contributed by atoms with Crippen molar-refractivity contribution in [3.05, 3.63) is 29.8 Å². The summed E-state index contributed by atoms with van der Waals surface area (Å²) in [6, 6.07) is 7.99. The Morgan fingerprint density at radius 1 is 1.00 bits per heavy atom. The fourth-order valence-electron chi connectivity index (χ4n) is 2.10. The molecule has 4 heteroatoms. The van der Waals surface area contributed by atoms with E-state index in [9.17, 15) is 0 Å². The first-order valence-corrected chi connectivity index (χ1v) is 7.37. The second-order valence-electron chi connectivity index (χ2n) is 5.47. The van der Waals surface area contributed by atoms with Crippen LogP contribution in [-0.4, -0.2) is 57.2 Å². The van der Waals surface area contributed by atoms with Crippen molar-refractivity contribution < 1.29 is 4.74 Å². The summed E-state index contributed by atoms with van der Waals surface area (Å²) in [6.07, 6.45) is 2.25. The number of hydrogen-bond donors (Lipinski definition) is 1. The van der Waals surface area contributed by atoms with Gasteiger partial charge in [-0.05, 0) is 53.1 Å². The minimum Gasteiger partial charge on any atom is -0.493 e. The van der Waals surface area contributed by atoms with Gasteiger partial charge in [0.1, 0.15) is 5.75 Å².